The molecule has 2 unspecified atom stereocenters. The summed E-state index contributed by atoms with van der Waals surface area (Å²) in [6, 6.07) is 16.0. The van der Waals surface area contributed by atoms with Gasteiger partial charge in [0.2, 0.25) is 17.3 Å². The molecular formula is C41H51N9O18P3+. The number of nitrogens with one attached hydrogen (secondary N) is 3. The lowest BCUT2D eigenvalue weighted by molar-refractivity contribution is -0.0493. The minimum atomic E-state index is -5.85. The molecule has 30 heteroatoms. The average molecular weight is 1050 g/mol. The van der Waals surface area contributed by atoms with Crippen LogP contribution in [-0.2, 0) is 31.6 Å². The second-order valence-corrected chi connectivity index (χ2v) is 21.1. The molecule has 12 N–H and O–H groups in total. The number of nitrogens with two attached hydrogens (primary N) is 1. The van der Waals surface area contributed by atoms with Crippen molar-refractivity contribution >= 4 is 75.1 Å². The van der Waals surface area contributed by atoms with Gasteiger partial charge in [0.05, 0.1) is 18.2 Å². The second-order valence-electron chi connectivity index (χ2n) is 16.7. The predicted octanol–water partition coefficient (Wildman–Crippen LogP) is 2.38. The highest BCUT2D eigenvalue weighted by atomic mass is 31.3. The van der Waals surface area contributed by atoms with Crippen molar-refractivity contribution in [2.24, 2.45) is 0 Å². The molecule has 4 aromatic rings. The van der Waals surface area contributed by atoms with Crippen LogP contribution < -0.4 is 36.8 Å². The fourth-order valence-electron chi connectivity index (χ4n) is 7.82. The molecule has 4 heterocycles. The van der Waals surface area contributed by atoms with Crippen LogP contribution in [0.2, 0.25) is 0 Å². The Morgan fingerprint density at radius 3 is 2.28 bits per heavy atom. The number of nitrogen functional groups attached to an aromatic ring is 1. The molecule has 0 bridgehead atoms. The monoisotopic (exact) mass is 1050 g/mol. The maximum absolute atomic E-state index is 13.4. The number of anilines is 3. The number of aromatic carboxylic acids is 1. The van der Waals surface area contributed by atoms with E-state index in [1.807, 2.05) is 74.1 Å². The molecule has 2 aromatic heterocycles. The van der Waals surface area contributed by atoms with Gasteiger partial charge in [-0.2, -0.15) is 13.6 Å². The molecule has 7 rings (SSSR count). The van der Waals surface area contributed by atoms with Gasteiger partial charge in [-0.1, -0.05) is 18.9 Å². The molecule has 382 valence electrons. The van der Waals surface area contributed by atoms with Crippen molar-refractivity contribution in [3.05, 3.63) is 81.4 Å². The number of unbranched alkanes of at least 4 members (excludes halogenated alkanes) is 3. The van der Waals surface area contributed by atoms with E-state index >= 15 is 0 Å². The molecule has 1 saturated heterocycles. The van der Waals surface area contributed by atoms with Gasteiger partial charge >= 0.3 is 29.4 Å². The number of amides is 1. The van der Waals surface area contributed by atoms with Crippen LogP contribution in [0.3, 0.4) is 0 Å². The molecule has 2 aliphatic heterocycles. The molecule has 1 fully saturated rings. The molecule has 6 atom stereocenters. The van der Waals surface area contributed by atoms with E-state index in [9.17, 15) is 53.2 Å². The summed E-state index contributed by atoms with van der Waals surface area (Å²) in [5.41, 5.74) is 7.84. The number of benzene rings is 3. The summed E-state index contributed by atoms with van der Waals surface area (Å²) < 4.78 is 62.0. The van der Waals surface area contributed by atoms with Gasteiger partial charge in [0, 0.05) is 67.1 Å². The van der Waals surface area contributed by atoms with Crippen molar-refractivity contribution in [1.82, 2.24) is 29.4 Å². The number of aromatic nitrogens is 4. The van der Waals surface area contributed by atoms with E-state index in [2.05, 4.69) is 38.7 Å². The Morgan fingerprint density at radius 2 is 1.61 bits per heavy atom. The number of rotatable bonds is 20. The highest BCUT2D eigenvalue weighted by molar-refractivity contribution is 7.66. The van der Waals surface area contributed by atoms with Crippen molar-refractivity contribution in [3.8, 4) is 22.5 Å². The third kappa shape index (κ3) is 12.2. The average Bonchev–Trinajstić information content (AvgIpc) is 3.78. The second kappa shape index (κ2) is 21.1. The van der Waals surface area contributed by atoms with E-state index < -0.39 is 72.1 Å². The van der Waals surface area contributed by atoms with E-state index in [-0.39, 0.29) is 47.3 Å². The normalized spacial score (nSPS) is 18.9. The van der Waals surface area contributed by atoms with Crippen molar-refractivity contribution in [3.63, 3.8) is 0 Å². The van der Waals surface area contributed by atoms with Gasteiger partial charge < -0.3 is 65.3 Å². The predicted molar refractivity (Wildman–Crippen MR) is 254 cm³/mol. The standard InChI is InChI=1S/C41H50N9O18P3/c1-48(2)22-10-13-25-28(18-22)65-29-19-23(49(3)4)11-14-26(29)31(25)24-12-9-21(17-27(24)39(55)56)36(53)43-15-7-5-6-8-16-44-41-45-32-35(46-40(42)47-37(32)54)50(41)38-34(52)33(51)30(66-38)20-64-70(60,61)68-71(62,63)67-69(57,58)59/h9-14,17-19,30,33-34,38,43,51-52H,5-8,15-16,20H2,1-4H3,(H8,42,47,53,54,55,56,57,58,59,60,61,62,63)/p+1/t30-,33-,34-,38-/m1/s1. The molecule has 0 saturated carbocycles. The van der Waals surface area contributed by atoms with Gasteiger partial charge in [-0.15, -0.1) is 0 Å². The van der Waals surface area contributed by atoms with Crippen LogP contribution in [0, 0.1) is 0 Å². The fourth-order valence-corrected chi connectivity index (χ4v) is 10.8. The first-order valence-corrected chi connectivity index (χ1v) is 26.0. The van der Waals surface area contributed by atoms with Crippen LogP contribution in [0.5, 0.6) is 0 Å². The summed E-state index contributed by atoms with van der Waals surface area (Å²) in [5, 5.41) is 39.7. The quantitative estimate of drug-likeness (QED) is 0.0226. The van der Waals surface area contributed by atoms with Gasteiger partial charge in [0.15, 0.2) is 17.4 Å². The first-order chi connectivity index (χ1) is 33.3. The molecule has 0 radical (unpaired) electrons. The van der Waals surface area contributed by atoms with Crippen LogP contribution in [0.4, 0.5) is 17.6 Å². The number of imidazole rings is 1. The molecule has 71 heavy (non-hydrogen) atoms. The number of ether oxygens (including phenoxy) is 1. The molecule has 2 aromatic carbocycles. The lowest BCUT2D eigenvalue weighted by atomic mass is 9.89. The van der Waals surface area contributed by atoms with E-state index in [1.54, 1.807) is 12.1 Å². The number of hydrogen-bond donors (Lipinski definition) is 11. The number of H-pyrrole nitrogens is 1. The zero-order valence-electron chi connectivity index (χ0n) is 38.2. The Morgan fingerprint density at radius 1 is 0.901 bits per heavy atom. The number of aliphatic hydroxyl groups excluding tert-OH is 2. The van der Waals surface area contributed by atoms with Gasteiger partial charge in [0.1, 0.15) is 43.8 Å². The number of aliphatic hydroxyl groups is 2. The third-order valence-electron chi connectivity index (χ3n) is 11.2. The zero-order valence-corrected chi connectivity index (χ0v) is 40.9. The van der Waals surface area contributed by atoms with Gasteiger partial charge in [-0.3, -0.25) is 23.7 Å². The highest BCUT2D eigenvalue weighted by Crippen LogP contribution is 2.66. The number of phosphoric ester groups is 1. The van der Waals surface area contributed by atoms with E-state index in [0.717, 1.165) is 15.6 Å². The van der Waals surface area contributed by atoms with Crippen molar-refractivity contribution in [2.75, 3.05) is 63.8 Å². The topological polar surface area (TPSA) is 397 Å². The molecule has 0 spiro atoms. The van der Waals surface area contributed by atoms with Gasteiger partial charge in [0.25, 0.3) is 11.5 Å². The molecular weight excluding hydrogens is 999 g/mol. The van der Waals surface area contributed by atoms with Crippen LogP contribution in [0.1, 0.15) is 52.6 Å². The maximum atomic E-state index is 13.4. The number of nitrogens with zero attached hydrogens (tertiary/aromatic N) is 5. The number of carbonyl (C=O) groups is 2. The van der Waals surface area contributed by atoms with Crippen molar-refractivity contribution < 1.29 is 80.5 Å². The number of hydrogen-bond acceptors (Lipinski definition) is 18. The first kappa shape index (κ1) is 52.9. The Bertz CT molecular complexity index is 3260. The van der Waals surface area contributed by atoms with Crippen LogP contribution in [0.15, 0.2) is 63.8 Å². The summed E-state index contributed by atoms with van der Waals surface area (Å²) >= 11 is 0. The molecule has 1 amide bonds. The minimum absolute atomic E-state index is 0.0689. The number of carboxylic acid groups (broad SMARTS) is 1. The summed E-state index contributed by atoms with van der Waals surface area (Å²) in [7, 11) is -9.52. The van der Waals surface area contributed by atoms with Gasteiger partial charge in [-0.05, 0) is 48.7 Å². The number of carboxylic acids is 1. The van der Waals surface area contributed by atoms with Crippen LogP contribution >= 0.6 is 23.5 Å². The van der Waals surface area contributed by atoms with E-state index in [4.69, 9.17) is 24.7 Å². The minimum Gasteiger partial charge on any atom is -0.478 e. The Kier molecular flexibility index (Phi) is 15.7. The maximum Gasteiger partial charge on any atom is 0.490 e. The SMILES string of the molecule is CN(C)c1ccc2c(-c3ccc(C(=O)NCCCCCCNc4nc5c(=O)[nH]c(N)nc5n4[C@@H]4O[C@H](COP(=O)(O)OP(=O)(O)OP(=O)(O)O)[C@@H](O)[C@H]4O)cc3C(=O)O)c3ccc(=[N+](C)C)cc-3oc2c1. The van der Waals surface area contributed by atoms with E-state index in [1.165, 1.54) is 6.07 Å². The van der Waals surface area contributed by atoms with E-state index in [0.29, 0.717) is 59.1 Å². The summed E-state index contributed by atoms with van der Waals surface area (Å²) in [6.45, 7) is -0.609. The van der Waals surface area contributed by atoms with Crippen molar-refractivity contribution in [2.45, 2.75) is 50.2 Å². The smallest absolute Gasteiger partial charge is 0.478 e. The summed E-state index contributed by atoms with van der Waals surface area (Å²) in [4.78, 5) is 88.4. The summed E-state index contributed by atoms with van der Waals surface area (Å²) in [5.74, 6) is -1.55. The number of aromatic amines is 1. The third-order valence-corrected chi connectivity index (χ3v) is 15.0. The Balaban J connectivity index is 0.972. The van der Waals surface area contributed by atoms with Crippen LogP contribution in [0.25, 0.3) is 44.6 Å². The lowest BCUT2D eigenvalue weighted by Crippen LogP contribution is -2.34. The Hall–Kier alpha value is -5.89. The highest BCUT2D eigenvalue weighted by Gasteiger charge is 2.48. The molecule has 1 aliphatic carbocycles. The van der Waals surface area contributed by atoms with Crippen molar-refractivity contribution in [1.29, 1.82) is 0 Å². The largest absolute Gasteiger partial charge is 0.490 e. The molecule has 27 nitrogen and oxygen atoms in total. The number of fused-ring (bicyclic) bond motifs is 3. The van der Waals surface area contributed by atoms with Gasteiger partial charge in [-0.25, -0.2) is 28.0 Å². The first-order valence-electron chi connectivity index (χ1n) is 21.5. The lowest BCUT2D eigenvalue weighted by Gasteiger charge is -2.20. The number of carbonyl (C=O) groups excluding carboxylic acids is 1. The zero-order chi connectivity index (χ0) is 51.7. The summed E-state index contributed by atoms with van der Waals surface area (Å²) in [6.07, 6.45) is -4.68. The molecule has 3 aliphatic rings. The fraction of sp³-hybridized carbons (Fsp3) is 0.366. The number of phosphoric acid groups is 3. The van der Waals surface area contributed by atoms with Crippen LogP contribution in [-0.4, -0.2) is 132 Å². The Labute approximate surface area is 401 Å².